The second kappa shape index (κ2) is 7.29. The third-order valence-electron chi connectivity index (χ3n) is 4.06. The van der Waals surface area contributed by atoms with E-state index in [1.807, 2.05) is 18.2 Å². The van der Waals surface area contributed by atoms with Gasteiger partial charge in [-0.3, -0.25) is 5.32 Å². The number of ether oxygens (including phenoxy) is 1. The van der Waals surface area contributed by atoms with Gasteiger partial charge in [-0.25, -0.2) is 13.4 Å². The molecule has 1 aromatic heterocycles. The zero-order chi connectivity index (χ0) is 17.0. The van der Waals surface area contributed by atoms with Gasteiger partial charge >= 0.3 is 0 Å². The van der Waals surface area contributed by atoms with Gasteiger partial charge in [0.25, 0.3) is 5.82 Å². The van der Waals surface area contributed by atoms with Crippen LogP contribution in [0.25, 0.3) is 0 Å². The Hall–Kier alpha value is -1.96. The summed E-state index contributed by atoms with van der Waals surface area (Å²) in [5, 5.41) is 3.33. The van der Waals surface area contributed by atoms with E-state index in [1.165, 1.54) is 10.5 Å². The first-order valence-electron chi connectivity index (χ1n) is 7.98. The van der Waals surface area contributed by atoms with Gasteiger partial charge in [-0.2, -0.15) is 4.31 Å². The Morgan fingerprint density at radius 3 is 2.46 bits per heavy atom. The highest BCUT2D eigenvalue weighted by molar-refractivity contribution is 7.89. The first-order chi connectivity index (χ1) is 11.6. The Labute approximate surface area is 142 Å². The van der Waals surface area contributed by atoms with Crippen molar-refractivity contribution >= 4 is 15.8 Å². The molecular formula is C17H22N3O3S+. The monoisotopic (exact) mass is 348 g/mol. The van der Waals surface area contributed by atoms with E-state index in [0.29, 0.717) is 26.3 Å². The fourth-order valence-corrected chi connectivity index (χ4v) is 4.03. The summed E-state index contributed by atoms with van der Waals surface area (Å²) in [7, 11) is -3.47. The minimum Gasteiger partial charge on any atom is -0.379 e. The van der Waals surface area contributed by atoms with Gasteiger partial charge in [0.2, 0.25) is 10.0 Å². The number of nitrogens with zero attached hydrogens (tertiary/aromatic N) is 1. The van der Waals surface area contributed by atoms with Gasteiger partial charge in [-0.05, 0) is 18.6 Å². The molecule has 7 heteroatoms. The summed E-state index contributed by atoms with van der Waals surface area (Å²) in [6.07, 6.45) is 1.53. The molecule has 0 aliphatic carbocycles. The lowest BCUT2D eigenvalue weighted by Crippen LogP contribution is -2.40. The van der Waals surface area contributed by atoms with Crippen LogP contribution in [0.5, 0.6) is 0 Å². The van der Waals surface area contributed by atoms with E-state index in [1.54, 1.807) is 12.1 Å². The predicted molar refractivity (Wildman–Crippen MR) is 91.1 cm³/mol. The summed E-state index contributed by atoms with van der Waals surface area (Å²) in [4.78, 5) is 3.30. The van der Waals surface area contributed by atoms with Crippen LogP contribution >= 0.6 is 0 Å². The quantitative estimate of drug-likeness (QED) is 0.892. The maximum atomic E-state index is 12.6. The molecule has 0 amide bonds. The highest BCUT2D eigenvalue weighted by Crippen LogP contribution is 2.19. The van der Waals surface area contributed by atoms with Crippen LogP contribution in [0.2, 0.25) is 0 Å². The summed E-state index contributed by atoms with van der Waals surface area (Å²) in [5.41, 5.74) is 1.16. The highest BCUT2D eigenvalue weighted by Gasteiger charge is 2.27. The van der Waals surface area contributed by atoms with Crippen molar-refractivity contribution in [3.05, 3.63) is 54.2 Å². The maximum Gasteiger partial charge on any atom is 0.272 e. The predicted octanol–water partition coefficient (Wildman–Crippen LogP) is 1.69. The summed E-state index contributed by atoms with van der Waals surface area (Å²) in [6, 6.07) is 13.6. The van der Waals surface area contributed by atoms with E-state index in [-0.39, 0.29) is 10.9 Å². The van der Waals surface area contributed by atoms with Gasteiger partial charge in [0, 0.05) is 19.2 Å². The van der Waals surface area contributed by atoms with Crippen molar-refractivity contribution < 1.29 is 18.1 Å². The number of H-pyrrole nitrogens is 1. The second-order valence-corrected chi connectivity index (χ2v) is 7.67. The lowest BCUT2D eigenvalue weighted by molar-refractivity contribution is -0.364. The first kappa shape index (κ1) is 16.9. The highest BCUT2D eigenvalue weighted by atomic mass is 32.2. The molecule has 2 heterocycles. The number of rotatable bonds is 5. The number of hydrogen-bond acceptors (Lipinski definition) is 4. The van der Waals surface area contributed by atoms with Gasteiger partial charge in [0.1, 0.15) is 17.1 Å². The van der Waals surface area contributed by atoms with Crippen molar-refractivity contribution in [2.75, 3.05) is 31.6 Å². The van der Waals surface area contributed by atoms with Gasteiger partial charge in [-0.15, -0.1) is 0 Å². The molecule has 3 rings (SSSR count). The molecule has 0 radical (unpaired) electrons. The molecule has 1 aliphatic rings. The summed E-state index contributed by atoms with van der Waals surface area (Å²) in [5.74, 6) is 0.771. The molecule has 0 spiro atoms. The lowest BCUT2D eigenvalue weighted by atomic mass is 10.1. The Kier molecular flexibility index (Phi) is 5.13. The van der Waals surface area contributed by atoms with Crippen molar-refractivity contribution in [3.63, 3.8) is 0 Å². The number of benzene rings is 1. The molecule has 1 aromatic carbocycles. The van der Waals surface area contributed by atoms with E-state index in [4.69, 9.17) is 4.74 Å². The average molecular weight is 348 g/mol. The van der Waals surface area contributed by atoms with Crippen LogP contribution < -0.4 is 10.3 Å². The lowest BCUT2D eigenvalue weighted by Gasteiger charge is -2.25. The van der Waals surface area contributed by atoms with E-state index < -0.39 is 10.0 Å². The van der Waals surface area contributed by atoms with Crippen LogP contribution in [0, 0.1) is 0 Å². The van der Waals surface area contributed by atoms with E-state index in [9.17, 15) is 8.42 Å². The normalized spacial score (nSPS) is 17.4. The van der Waals surface area contributed by atoms with Crippen molar-refractivity contribution in [2.24, 2.45) is 0 Å². The Balaban J connectivity index is 1.71. The molecule has 24 heavy (non-hydrogen) atoms. The second-order valence-electron chi connectivity index (χ2n) is 5.73. The van der Waals surface area contributed by atoms with Crippen molar-refractivity contribution in [1.82, 2.24) is 4.31 Å². The van der Waals surface area contributed by atoms with Gasteiger partial charge in [0.15, 0.2) is 0 Å². The summed E-state index contributed by atoms with van der Waals surface area (Å²) >= 11 is 0. The number of aromatic amines is 1. The number of morpholine rings is 1. The number of sulfonamides is 1. The SMILES string of the molecule is C[C@@H](Nc1ccc(S(=O)(=O)N2CCOCC2)c[nH+]1)c1ccccc1. The van der Waals surface area contributed by atoms with Gasteiger partial charge < -0.3 is 4.74 Å². The third-order valence-corrected chi connectivity index (χ3v) is 5.96. The van der Waals surface area contributed by atoms with E-state index in [0.717, 1.165) is 11.4 Å². The number of aromatic nitrogens is 1. The minimum atomic E-state index is -3.47. The van der Waals surface area contributed by atoms with Crippen LogP contribution in [-0.4, -0.2) is 39.0 Å². The van der Waals surface area contributed by atoms with Crippen LogP contribution in [0.4, 0.5) is 5.82 Å². The molecule has 1 saturated heterocycles. The van der Waals surface area contributed by atoms with Crippen molar-refractivity contribution in [2.45, 2.75) is 17.9 Å². The molecule has 0 saturated carbocycles. The van der Waals surface area contributed by atoms with Gasteiger partial charge in [0.05, 0.1) is 13.2 Å². The Morgan fingerprint density at radius 1 is 1.12 bits per heavy atom. The zero-order valence-electron chi connectivity index (χ0n) is 13.6. The number of hydrogen-bond donors (Lipinski definition) is 1. The van der Waals surface area contributed by atoms with Crippen LogP contribution in [0.1, 0.15) is 18.5 Å². The number of pyridine rings is 1. The third kappa shape index (κ3) is 3.75. The summed E-state index contributed by atoms with van der Waals surface area (Å²) < 4.78 is 31.8. The van der Waals surface area contributed by atoms with Crippen molar-refractivity contribution in [3.8, 4) is 0 Å². The molecule has 1 atom stereocenters. The van der Waals surface area contributed by atoms with Crippen LogP contribution in [-0.2, 0) is 14.8 Å². The molecule has 6 nitrogen and oxygen atoms in total. The fraction of sp³-hybridized carbons (Fsp3) is 0.353. The standard InChI is InChI=1S/C17H21N3O3S/c1-14(15-5-3-2-4-6-15)19-17-8-7-16(13-18-17)24(21,22)20-9-11-23-12-10-20/h2-8,13-14H,9-12H2,1H3,(H,18,19)/p+1/t14-/m1/s1. The molecule has 2 N–H and O–H groups in total. The molecule has 128 valence electrons. The van der Waals surface area contributed by atoms with Crippen molar-refractivity contribution in [1.29, 1.82) is 0 Å². The maximum absolute atomic E-state index is 12.6. The number of anilines is 1. The smallest absolute Gasteiger partial charge is 0.272 e. The minimum absolute atomic E-state index is 0.115. The van der Waals surface area contributed by atoms with Gasteiger partial charge in [-0.1, -0.05) is 30.3 Å². The molecule has 1 aliphatic heterocycles. The zero-order valence-corrected chi connectivity index (χ0v) is 14.4. The Bertz CT molecular complexity index is 757. The topological polar surface area (TPSA) is 72.8 Å². The number of nitrogens with one attached hydrogen (secondary N) is 2. The Morgan fingerprint density at radius 2 is 1.83 bits per heavy atom. The molecule has 0 bridgehead atoms. The fourth-order valence-electron chi connectivity index (χ4n) is 2.66. The average Bonchev–Trinajstić information content (AvgIpc) is 2.63. The van der Waals surface area contributed by atoms with Crippen LogP contribution in [0.3, 0.4) is 0 Å². The van der Waals surface area contributed by atoms with E-state index >= 15 is 0 Å². The molecular weight excluding hydrogens is 326 g/mol. The molecule has 0 unspecified atom stereocenters. The largest absolute Gasteiger partial charge is 0.379 e. The molecule has 1 fully saturated rings. The first-order valence-corrected chi connectivity index (χ1v) is 9.42. The van der Waals surface area contributed by atoms with Crippen LogP contribution in [0.15, 0.2) is 53.6 Å². The van der Waals surface area contributed by atoms with E-state index in [2.05, 4.69) is 29.4 Å². The summed E-state index contributed by atoms with van der Waals surface area (Å²) in [6.45, 7) is 3.73. The molecule has 2 aromatic rings.